The summed E-state index contributed by atoms with van der Waals surface area (Å²) in [4.78, 5) is 24.8. The molecule has 1 N–H and O–H groups in total. The van der Waals surface area contributed by atoms with E-state index in [9.17, 15) is 14.7 Å². The summed E-state index contributed by atoms with van der Waals surface area (Å²) in [6.07, 6.45) is 5.32. The van der Waals surface area contributed by atoms with Crippen molar-refractivity contribution >= 4 is 56.6 Å². The van der Waals surface area contributed by atoms with Crippen LogP contribution in [0.15, 0.2) is 41.2 Å². The molecule has 1 aliphatic rings. The van der Waals surface area contributed by atoms with Crippen LogP contribution < -0.4 is 5.43 Å². The van der Waals surface area contributed by atoms with Crippen LogP contribution in [-0.4, -0.2) is 15.6 Å². The Labute approximate surface area is 178 Å². The topological polar surface area (TPSA) is 59.3 Å². The fraction of sp³-hybridized carbons (Fsp3) is 0.304. The molecule has 0 spiro atoms. The highest BCUT2D eigenvalue weighted by Crippen LogP contribution is 2.40. The summed E-state index contributed by atoms with van der Waals surface area (Å²) in [7, 11) is 0. The van der Waals surface area contributed by atoms with E-state index in [0.717, 1.165) is 24.8 Å². The number of carboxylic acid groups (broad SMARTS) is 1. The van der Waals surface area contributed by atoms with E-state index < -0.39 is 5.97 Å². The number of aromatic nitrogens is 1. The first-order chi connectivity index (χ1) is 13.7. The van der Waals surface area contributed by atoms with Crippen molar-refractivity contribution in [2.75, 3.05) is 0 Å². The molecule has 4 nitrogen and oxygen atoms in total. The first-order valence-corrected chi connectivity index (χ1v) is 10.3. The Morgan fingerprint density at radius 1 is 1.17 bits per heavy atom. The van der Waals surface area contributed by atoms with Gasteiger partial charge in [-0.25, -0.2) is 0 Å². The van der Waals surface area contributed by atoms with Gasteiger partial charge in [0.05, 0.1) is 21.1 Å². The zero-order valence-electron chi connectivity index (χ0n) is 16.3. The summed E-state index contributed by atoms with van der Waals surface area (Å²) in [6, 6.07) is 8.83. The third kappa shape index (κ3) is 3.56. The van der Waals surface area contributed by atoms with Gasteiger partial charge in [-0.2, -0.15) is 0 Å². The average Bonchev–Trinajstić information content (AvgIpc) is 2.66. The molecule has 29 heavy (non-hydrogen) atoms. The molecule has 4 rings (SSSR count). The number of fused-ring (bicyclic) bond motifs is 2. The molecule has 1 aliphatic carbocycles. The van der Waals surface area contributed by atoms with Crippen LogP contribution in [0, 0.1) is 5.41 Å². The van der Waals surface area contributed by atoms with Crippen LogP contribution in [0.2, 0.25) is 10.0 Å². The van der Waals surface area contributed by atoms with Crippen LogP contribution in [0.1, 0.15) is 38.7 Å². The maximum absolute atomic E-state index is 13.3. The number of halogens is 2. The minimum Gasteiger partial charge on any atom is -0.480 e. The van der Waals surface area contributed by atoms with Crippen molar-refractivity contribution in [2.45, 2.75) is 39.7 Å². The molecule has 3 aromatic rings. The first kappa shape index (κ1) is 20.0. The average molecular weight is 430 g/mol. The number of hydrogen-bond acceptors (Lipinski definition) is 2. The minimum absolute atomic E-state index is 0.173. The third-order valence-electron chi connectivity index (χ3n) is 5.66. The predicted molar refractivity (Wildman–Crippen MR) is 119 cm³/mol. The van der Waals surface area contributed by atoms with Crippen molar-refractivity contribution in [2.24, 2.45) is 5.41 Å². The number of nitrogens with zero attached hydrogens (tertiary/aromatic N) is 1. The normalized spacial score (nSPS) is 16.2. The summed E-state index contributed by atoms with van der Waals surface area (Å²) in [5.74, 6) is -1.02. The van der Waals surface area contributed by atoms with Crippen LogP contribution in [0.25, 0.3) is 27.4 Å². The summed E-state index contributed by atoms with van der Waals surface area (Å²) < 4.78 is 1.56. The van der Waals surface area contributed by atoms with Gasteiger partial charge in [-0.1, -0.05) is 49.2 Å². The number of benzene rings is 2. The predicted octanol–water partition coefficient (Wildman–Crippen LogP) is 6.14. The molecule has 0 saturated heterocycles. The van der Waals surface area contributed by atoms with Crippen molar-refractivity contribution in [3.63, 3.8) is 0 Å². The largest absolute Gasteiger partial charge is 0.480 e. The maximum Gasteiger partial charge on any atom is 0.323 e. The van der Waals surface area contributed by atoms with Crippen LogP contribution >= 0.6 is 23.2 Å². The molecular formula is C23H21Cl2NO3. The fourth-order valence-electron chi connectivity index (χ4n) is 4.24. The summed E-state index contributed by atoms with van der Waals surface area (Å²) in [5, 5.41) is 10.8. The number of allylic oxidation sites excluding steroid dienone is 2. The minimum atomic E-state index is -1.02. The van der Waals surface area contributed by atoms with Gasteiger partial charge in [-0.3, -0.25) is 9.59 Å². The van der Waals surface area contributed by atoms with E-state index in [1.54, 1.807) is 16.7 Å². The number of carbonyl (C=O) groups is 1. The number of aliphatic carboxylic acids is 1. The summed E-state index contributed by atoms with van der Waals surface area (Å²) in [6.45, 7) is 4.18. The van der Waals surface area contributed by atoms with Crippen molar-refractivity contribution in [3.8, 4) is 0 Å². The SMILES string of the molecule is CC1(C)CCC=C(c2ccc3c(c2)c(=O)c2ccc(Cl)c(Cl)c2n3CC(=O)O)C1. The molecule has 0 aliphatic heterocycles. The molecule has 0 bridgehead atoms. The van der Waals surface area contributed by atoms with Crippen molar-refractivity contribution in [3.05, 3.63) is 62.2 Å². The van der Waals surface area contributed by atoms with E-state index >= 15 is 0 Å². The number of pyridine rings is 1. The molecule has 0 amide bonds. The second-order valence-electron chi connectivity index (χ2n) is 8.41. The standard InChI is InChI=1S/C23H21Cl2NO3/c1-23(2)9-3-4-14(11-23)13-5-8-18-16(10-13)22(29)15-6-7-17(24)20(25)21(15)26(18)12-19(27)28/h4-8,10H,3,9,11-12H2,1-2H3,(H,27,28). The van der Waals surface area contributed by atoms with Gasteiger partial charge in [-0.05, 0) is 60.1 Å². The Hall–Kier alpha value is -2.30. The highest BCUT2D eigenvalue weighted by molar-refractivity contribution is 6.45. The zero-order chi connectivity index (χ0) is 20.9. The molecule has 0 radical (unpaired) electrons. The van der Waals surface area contributed by atoms with E-state index in [2.05, 4.69) is 19.9 Å². The molecular weight excluding hydrogens is 409 g/mol. The Morgan fingerprint density at radius 2 is 1.93 bits per heavy atom. The second kappa shape index (κ2) is 7.19. The van der Waals surface area contributed by atoms with Crippen LogP contribution in [0.5, 0.6) is 0 Å². The first-order valence-electron chi connectivity index (χ1n) is 9.53. The van der Waals surface area contributed by atoms with Gasteiger partial charge >= 0.3 is 5.97 Å². The van der Waals surface area contributed by atoms with E-state index in [0.29, 0.717) is 21.8 Å². The van der Waals surface area contributed by atoms with Crippen molar-refractivity contribution in [1.29, 1.82) is 0 Å². The highest BCUT2D eigenvalue weighted by atomic mass is 35.5. The van der Waals surface area contributed by atoms with Gasteiger partial charge in [0.1, 0.15) is 6.54 Å². The monoisotopic (exact) mass is 429 g/mol. The lowest BCUT2D eigenvalue weighted by Crippen LogP contribution is -2.17. The molecule has 6 heteroatoms. The Bertz CT molecular complexity index is 1250. The van der Waals surface area contributed by atoms with E-state index in [1.807, 2.05) is 18.2 Å². The summed E-state index contributed by atoms with van der Waals surface area (Å²) >= 11 is 12.5. The van der Waals surface area contributed by atoms with E-state index in [-0.39, 0.29) is 27.4 Å². The molecule has 1 heterocycles. The van der Waals surface area contributed by atoms with Crippen molar-refractivity contribution < 1.29 is 9.90 Å². The van der Waals surface area contributed by atoms with Crippen LogP contribution in [0.3, 0.4) is 0 Å². The fourth-order valence-corrected chi connectivity index (χ4v) is 4.66. The van der Waals surface area contributed by atoms with Gasteiger partial charge in [-0.15, -0.1) is 0 Å². The number of carboxylic acids is 1. The lowest BCUT2D eigenvalue weighted by molar-refractivity contribution is -0.137. The molecule has 0 saturated carbocycles. The van der Waals surface area contributed by atoms with E-state index in [1.165, 1.54) is 5.57 Å². The number of hydrogen-bond donors (Lipinski definition) is 1. The van der Waals surface area contributed by atoms with Crippen molar-refractivity contribution in [1.82, 2.24) is 4.57 Å². The smallest absolute Gasteiger partial charge is 0.323 e. The maximum atomic E-state index is 13.3. The van der Waals surface area contributed by atoms with Crippen LogP contribution in [0.4, 0.5) is 0 Å². The van der Waals surface area contributed by atoms with Gasteiger partial charge in [0.25, 0.3) is 0 Å². The van der Waals surface area contributed by atoms with Gasteiger partial charge in [0, 0.05) is 10.8 Å². The van der Waals surface area contributed by atoms with Gasteiger partial charge in [0.2, 0.25) is 0 Å². The molecule has 0 unspecified atom stereocenters. The number of rotatable bonds is 3. The zero-order valence-corrected chi connectivity index (χ0v) is 17.8. The third-order valence-corrected chi connectivity index (χ3v) is 6.45. The lowest BCUT2D eigenvalue weighted by Gasteiger charge is -2.30. The van der Waals surface area contributed by atoms with Gasteiger partial charge in [0.15, 0.2) is 5.43 Å². The summed E-state index contributed by atoms with van der Waals surface area (Å²) in [5.41, 5.74) is 3.16. The molecule has 0 atom stereocenters. The highest BCUT2D eigenvalue weighted by Gasteiger charge is 2.24. The van der Waals surface area contributed by atoms with Crippen LogP contribution in [-0.2, 0) is 11.3 Å². The quantitative estimate of drug-likeness (QED) is 0.508. The lowest BCUT2D eigenvalue weighted by atomic mass is 9.75. The molecule has 1 aromatic heterocycles. The molecule has 150 valence electrons. The Morgan fingerprint density at radius 3 is 2.62 bits per heavy atom. The molecule has 2 aromatic carbocycles. The Kier molecular flexibility index (Phi) is 4.96. The second-order valence-corrected chi connectivity index (χ2v) is 9.19. The Balaban J connectivity index is 2.03. The van der Waals surface area contributed by atoms with E-state index in [4.69, 9.17) is 23.2 Å². The van der Waals surface area contributed by atoms with Gasteiger partial charge < -0.3 is 9.67 Å². The molecule has 0 fully saturated rings.